The Morgan fingerprint density at radius 2 is 1.33 bits per heavy atom. The van der Waals surface area contributed by atoms with Gasteiger partial charge in [-0.25, -0.2) is 0 Å². The molecule has 3 heterocycles. The Kier molecular flexibility index (Phi) is 11.7. The third-order valence-electron chi connectivity index (χ3n) is 9.37. The molecule has 0 saturated carbocycles. The topological polar surface area (TPSA) is 25.8 Å². The van der Waals surface area contributed by atoms with Crippen LogP contribution in [0.3, 0.4) is 0 Å². The van der Waals surface area contributed by atoms with Gasteiger partial charge >= 0.3 is 106 Å². The van der Waals surface area contributed by atoms with Gasteiger partial charge in [0.2, 0.25) is 0 Å². The van der Waals surface area contributed by atoms with Crippen LogP contribution in [0, 0.1) is 19.1 Å². The summed E-state index contributed by atoms with van der Waals surface area (Å²) in [6.07, 6.45) is 3.99. The van der Waals surface area contributed by atoms with Crippen molar-refractivity contribution in [1.82, 2.24) is 9.97 Å². The second-order valence-corrected chi connectivity index (χ2v) is 26.0. The third-order valence-corrected chi connectivity index (χ3v) is 15.1. The van der Waals surface area contributed by atoms with Crippen LogP contribution in [0.4, 0.5) is 0 Å². The largest absolute Gasteiger partial charge is 0 e. The molecule has 52 heavy (non-hydrogen) atoms. The summed E-state index contributed by atoms with van der Waals surface area (Å²) in [7, 11) is 0. The fourth-order valence-corrected chi connectivity index (χ4v) is 11.4. The molecule has 0 N–H and O–H groups in total. The van der Waals surface area contributed by atoms with Crippen molar-refractivity contribution < 1.29 is 20.1 Å². The molecule has 261 valence electrons. The number of aryl methyl sites for hydroxylation is 1. The average molecular weight is 932 g/mol. The fraction of sp³-hybridized carbons (Fsp3) is 0.149. The molecular formula is C47H42GeIrN2S-2. The van der Waals surface area contributed by atoms with E-state index in [1.807, 2.05) is 41.8 Å². The van der Waals surface area contributed by atoms with E-state index < -0.39 is 13.3 Å². The first-order valence-corrected chi connectivity index (χ1v) is 25.7. The molecule has 5 aromatic carbocycles. The minimum absolute atomic E-state index is 0. The minimum Gasteiger partial charge on any atom is 0 e. The summed E-state index contributed by atoms with van der Waals surface area (Å²) in [5, 5.41) is 2.56. The number of hydrogen-bond donors (Lipinski definition) is 0. The molecule has 0 saturated heterocycles. The predicted octanol–water partition coefficient (Wildman–Crippen LogP) is 12.8. The fourth-order valence-electron chi connectivity index (χ4n) is 6.58. The van der Waals surface area contributed by atoms with Crippen molar-refractivity contribution in [3.05, 3.63) is 163 Å². The number of pyridine rings is 2. The molecule has 0 unspecified atom stereocenters. The van der Waals surface area contributed by atoms with Crippen molar-refractivity contribution in [3.8, 4) is 44.8 Å². The van der Waals surface area contributed by atoms with Crippen molar-refractivity contribution >= 4 is 49.2 Å². The molecule has 8 rings (SSSR count). The van der Waals surface area contributed by atoms with Crippen LogP contribution in [0.5, 0.6) is 0 Å². The minimum atomic E-state index is -1.77. The summed E-state index contributed by atoms with van der Waals surface area (Å²) in [6.45, 7) is 6.63. The molecule has 2 nitrogen and oxygen atoms in total. The maximum absolute atomic E-state index is 4.69. The number of rotatable bonds is 6. The number of benzene rings is 5. The molecule has 3 aromatic heterocycles. The summed E-state index contributed by atoms with van der Waals surface area (Å²) in [5.41, 5.74) is 11.8. The Morgan fingerprint density at radius 3 is 2.00 bits per heavy atom. The summed E-state index contributed by atoms with van der Waals surface area (Å²) in [6, 6.07) is 51.6. The van der Waals surface area contributed by atoms with Gasteiger partial charge in [-0.1, -0.05) is 91.5 Å². The van der Waals surface area contributed by atoms with Crippen molar-refractivity contribution in [2.24, 2.45) is 0 Å². The molecule has 0 aliphatic heterocycles. The van der Waals surface area contributed by atoms with Crippen LogP contribution in [0.1, 0.15) is 30.9 Å². The summed E-state index contributed by atoms with van der Waals surface area (Å²) in [5.74, 6) is 7.67. The van der Waals surface area contributed by atoms with E-state index in [-0.39, 0.29) is 20.1 Å². The summed E-state index contributed by atoms with van der Waals surface area (Å²) < 4.78 is 4.03. The van der Waals surface area contributed by atoms with E-state index >= 15 is 0 Å². The van der Waals surface area contributed by atoms with E-state index in [0.29, 0.717) is 5.92 Å². The van der Waals surface area contributed by atoms with Gasteiger partial charge in [-0.3, -0.25) is 0 Å². The Labute approximate surface area is 328 Å². The first-order chi connectivity index (χ1) is 24.7. The third kappa shape index (κ3) is 8.22. The molecule has 8 aromatic rings. The van der Waals surface area contributed by atoms with E-state index in [2.05, 4.69) is 169 Å². The number of hydrogen-bond acceptors (Lipinski definition) is 3. The van der Waals surface area contributed by atoms with Crippen molar-refractivity contribution in [1.29, 1.82) is 0 Å². The summed E-state index contributed by atoms with van der Waals surface area (Å²) in [4.78, 5) is 9.28. The Morgan fingerprint density at radius 1 is 0.635 bits per heavy atom. The van der Waals surface area contributed by atoms with E-state index in [1.165, 1.54) is 57.9 Å². The van der Waals surface area contributed by atoms with Crippen molar-refractivity contribution in [2.45, 2.75) is 44.0 Å². The van der Waals surface area contributed by atoms with Gasteiger partial charge in [0, 0.05) is 31.0 Å². The number of aromatic nitrogens is 2. The van der Waals surface area contributed by atoms with Crippen LogP contribution in [-0.4, -0.2) is 23.2 Å². The van der Waals surface area contributed by atoms with Gasteiger partial charge in [0.25, 0.3) is 0 Å². The molecule has 0 amide bonds. The number of fused-ring (bicyclic) bond motifs is 3. The first kappa shape index (κ1) is 37.6. The number of thiophene rings is 1. The average Bonchev–Trinajstić information content (AvgIpc) is 3.54. The van der Waals surface area contributed by atoms with Gasteiger partial charge < -0.3 is 4.98 Å². The van der Waals surface area contributed by atoms with Crippen LogP contribution in [0.25, 0.3) is 64.9 Å². The molecule has 0 fully saturated rings. The molecule has 0 bridgehead atoms. The second-order valence-electron chi connectivity index (χ2n) is 14.4. The second kappa shape index (κ2) is 16.2. The van der Waals surface area contributed by atoms with Gasteiger partial charge in [-0.2, -0.15) is 11.3 Å². The van der Waals surface area contributed by atoms with E-state index in [4.69, 9.17) is 0 Å². The monoisotopic (exact) mass is 933 g/mol. The quantitative estimate of drug-likeness (QED) is 0.123. The van der Waals surface area contributed by atoms with E-state index in [0.717, 1.165) is 22.5 Å². The van der Waals surface area contributed by atoms with Crippen LogP contribution < -0.4 is 4.40 Å². The van der Waals surface area contributed by atoms with Gasteiger partial charge in [0.05, 0.1) is 0 Å². The van der Waals surface area contributed by atoms with Crippen LogP contribution in [-0.2, 0) is 20.1 Å². The molecule has 0 aliphatic carbocycles. The Bertz CT molecular complexity index is 2430. The zero-order valence-electron chi connectivity index (χ0n) is 30.5. The zero-order valence-corrected chi connectivity index (χ0v) is 35.8. The summed E-state index contributed by atoms with van der Waals surface area (Å²) >= 11 is 0.0571. The smallest absolute Gasteiger partial charge is 0 e. The maximum Gasteiger partial charge on any atom is 0 e. The Hall–Kier alpha value is -4.19. The normalized spacial score (nSPS) is 11.3. The van der Waals surface area contributed by atoms with Gasteiger partial charge in [0.1, 0.15) is 0 Å². The zero-order chi connectivity index (χ0) is 35.5. The molecule has 0 aliphatic rings. The van der Waals surface area contributed by atoms with Crippen LogP contribution in [0.2, 0.25) is 17.3 Å². The Balaban J connectivity index is 0.000000218. The molecule has 0 atom stereocenters. The maximum atomic E-state index is 4.69. The molecule has 1 radical (unpaired) electrons. The SMILES string of the molecule is CC(C)c1ccnc(-c2[c-]ccc3c2sc2ccc(-c4ccc(-c5ccccc5)cc4)cc23)c1.Cc1cc(-c2[c-]cccc2)nc[c]1[Ge]([CH3])([CH3])[CH3].[Ir]. The van der Waals surface area contributed by atoms with Crippen molar-refractivity contribution in [3.63, 3.8) is 0 Å². The first-order valence-electron chi connectivity index (χ1n) is 17.6. The molecule has 0 spiro atoms. The van der Waals surface area contributed by atoms with Gasteiger partial charge in [-0.15, -0.1) is 23.8 Å². The molecular weight excluding hydrogens is 889 g/mol. The predicted molar refractivity (Wildman–Crippen MR) is 223 cm³/mol. The van der Waals surface area contributed by atoms with Crippen LogP contribution in [0.15, 0.2) is 140 Å². The van der Waals surface area contributed by atoms with Gasteiger partial charge in [-0.05, 0) is 62.2 Å². The van der Waals surface area contributed by atoms with Crippen molar-refractivity contribution in [2.75, 3.05) is 0 Å². The van der Waals surface area contributed by atoms with E-state index in [1.54, 1.807) is 0 Å². The number of nitrogens with zero attached hydrogens (tertiary/aromatic N) is 2. The molecule has 5 heteroatoms. The van der Waals surface area contributed by atoms with Gasteiger partial charge in [0.15, 0.2) is 0 Å². The van der Waals surface area contributed by atoms with Crippen LogP contribution >= 0.6 is 11.3 Å². The van der Waals surface area contributed by atoms with E-state index in [9.17, 15) is 0 Å². The standard InChI is InChI=1S/C32H24NS.C15H18GeN.Ir/c1-21(2)25-17-18-33-30(20-25)28-10-6-9-27-29-19-26(15-16-31(29)34-32(27)28)24-13-11-23(12-14-24)22-7-4-3-5-8-22;1-12-10-15(13-8-6-5-7-9-13)17-11-14(12)16(2,3)4;/h3-9,11-21H,1-2H3;5-8,10-11H,1-4H3;/q2*-1;.